The Morgan fingerprint density at radius 3 is 1.71 bits per heavy atom. The van der Waals surface area contributed by atoms with Gasteiger partial charge in [0, 0.05) is 35.4 Å². The highest BCUT2D eigenvalue weighted by molar-refractivity contribution is 5.93. The predicted molar refractivity (Wildman–Crippen MR) is 193 cm³/mol. The molecule has 49 heavy (non-hydrogen) atoms. The van der Waals surface area contributed by atoms with Crippen molar-refractivity contribution in [2.45, 2.75) is 50.2 Å². The largest absolute Gasteiger partial charge is 0.399 e. The average Bonchev–Trinajstić information content (AvgIpc) is 3.52. The molecule has 0 spiro atoms. The van der Waals surface area contributed by atoms with Gasteiger partial charge >= 0.3 is 6.03 Å². The molecule has 0 saturated carbocycles. The SMILES string of the molecule is Nc1cccc(CN2C(=O)N(Cc3ccc4[nH]nc(-c5cccc(N)c5)c4c3)[C@H](Cc3ccccc3)[C@H](O)[C@@H](O)[C@H]2Cc2ccccc2)c1. The molecule has 4 atom stereocenters. The number of urea groups is 1. The first-order valence-corrected chi connectivity index (χ1v) is 16.5. The Balaban J connectivity index is 1.32. The number of nitrogens with zero attached hydrogens (tertiary/aromatic N) is 3. The molecule has 7 rings (SSSR count). The van der Waals surface area contributed by atoms with Crippen LogP contribution in [0.4, 0.5) is 16.2 Å². The second-order valence-corrected chi connectivity index (χ2v) is 12.9. The lowest BCUT2D eigenvalue weighted by atomic mass is 9.91. The van der Waals surface area contributed by atoms with Crippen molar-refractivity contribution in [3.05, 3.63) is 150 Å². The molecule has 5 aromatic carbocycles. The average molecular weight is 653 g/mol. The Kier molecular flexibility index (Phi) is 9.02. The van der Waals surface area contributed by atoms with Gasteiger partial charge in [-0.2, -0.15) is 5.10 Å². The first-order valence-electron chi connectivity index (χ1n) is 16.5. The molecule has 6 aromatic rings. The summed E-state index contributed by atoms with van der Waals surface area (Å²) >= 11 is 0. The molecule has 1 aromatic heterocycles. The summed E-state index contributed by atoms with van der Waals surface area (Å²) in [4.78, 5) is 18.5. The van der Waals surface area contributed by atoms with Crippen LogP contribution >= 0.6 is 0 Å². The number of carbonyl (C=O) groups excluding carboxylic acids is 1. The van der Waals surface area contributed by atoms with E-state index in [4.69, 9.17) is 11.5 Å². The van der Waals surface area contributed by atoms with E-state index >= 15 is 4.79 Å². The molecule has 9 nitrogen and oxygen atoms in total. The highest BCUT2D eigenvalue weighted by Gasteiger charge is 2.46. The summed E-state index contributed by atoms with van der Waals surface area (Å²) in [6, 6.07) is 38.8. The van der Waals surface area contributed by atoms with E-state index in [0.29, 0.717) is 24.2 Å². The molecule has 0 unspecified atom stereocenters. The fraction of sp³-hybridized carbons (Fsp3) is 0.200. The number of fused-ring (bicyclic) bond motifs is 1. The number of hydrogen-bond donors (Lipinski definition) is 5. The Bertz CT molecular complexity index is 2050. The van der Waals surface area contributed by atoms with Crippen molar-refractivity contribution in [3.63, 3.8) is 0 Å². The van der Waals surface area contributed by atoms with Crippen molar-refractivity contribution in [3.8, 4) is 11.3 Å². The number of aromatic nitrogens is 2. The molecule has 2 amide bonds. The number of rotatable bonds is 9. The van der Waals surface area contributed by atoms with Gasteiger partial charge in [0.1, 0.15) is 12.2 Å². The van der Waals surface area contributed by atoms with Gasteiger partial charge in [-0.05, 0) is 71.5 Å². The zero-order valence-corrected chi connectivity index (χ0v) is 27.1. The zero-order chi connectivity index (χ0) is 33.9. The van der Waals surface area contributed by atoms with Crippen molar-refractivity contribution in [1.82, 2.24) is 20.0 Å². The number of nitrogen functional groups attached to an aromatic ring is 2. The molecule has 1 aliphatic heterocycles. The van der Waals surface area contributed by atoms with Crippen LogP contribution in [0.1, 0.15) is 22.3 Å². The van der Waals surface area contributed by atoms with E-state index in [1.165, 1.54) is 0 Å². The van der Waals surface area contributed by atoms with Crippen LogP contribution in [0.15, 0.2) is 127 Å². The van der Waals surface area contributed by atoms with Crippen molar-refractivity contribution >= 4 is 28.3 Å². The lowest BCUT2D eigenvalue weighted by Gasteiger charge is -2.36. The smallest absolute Gasteiger partial charge is 0.321 e. The molecule has 2 heterocycles. The first-order chi connectivity index (χ1) is 23.8. The number of aliphatic hydroxyl groups is 2. The van der Waals surface area contributed by atoms with Gasteiger partial charge in [0.15, 0.2) is 0 Å². The van der Waals surface area contributed by atoms with Gasteiger partial charge in [-0.1, -0.05) is 91.0 Å². The van der Waals surface area contributed by atoms with Crippen molar-refractivity contribution in [2.75, 3.05) is 11.5 Å². The molecular weight excluding hydrogens is 612 g/mol. The highest BCUT2D eigenvalue weighted by Crippen LogP contribution is 2.32. The van der Waals surface area contributed by atoms with Crippen LogP contribution in [0.25, 0.3) is 22.2 Å². The fourth-order valence-corrected chi connectivity index (χ4v) is 6.97. The van der Waals surface area contributed by atoms with Crippen molar-refractivity contribution in [2.24, 2.45) is 0 Å². The number of H-pyrrole nitrogens is 1. The zero-order valence-electron chi connectivity index (χ0n) is 27.1. The lowest BCUT2D eigenvalue weighted by molar-refractivity contribution is -0.0408. The van der Waals surface area contributed by atoms with E-state index in [0.717, 1.165) is 44.4 Å². The number of nitrogens with two attached hydrogens (primary N) is 2. The van der Waals surface area contributed by atoms with Crippen molar-refractivity contribution in [1.29, 1.82) is 0 Å². The summed E-state index contributed by atoms with van der Waals surface area (Å²) < 4.78 is 0. The molecule has 0 aliphatic carbocycles. The molecular formula is C40H40N6O3. The highest BCUT2D eigenvalue weighted by atomic mass is 16.3. The van der Waals surface area contributed by atoms with Crippen LogP contribution in [-0.2, 0) is 25.9 Å². The van der Waals surface area contributed by atoms with E-state index in [1.807, 2.05) is 121 Å². The molecule has 0 bridgehead atoms. The maximum Gasteiger partial charge on any atom is 0.321 e. The number of aliphatic hydroxyl groups excluding tert-OH is 2. The second kappa shape index (κ2) is 13.8. The van der Waals surface area contributed by atoms with E-state index in [9.17, 15) is 10.2 Å². The normalized spacial score (nSPS) is 19.7. The quantitative estimate of drug-likeness (QED) is 0.125. The minimum atomic E-state index is -1.23. The maximum absolute atomic E-state index is 15.0. The summed E-state index contributed by atoms with van der Waals surface area (Å²) in [5.74, 6) is 0. The standard InChI is InChI=1S/C40H40N6O3/c41-31-15-7-13-28(19-31)24-45-35(21-26-9-3-1-4-10-26)38(47)39(48)36(22-27-11-5-2-6-12-27)46(40(45)49)25-29-17-18-34-33(20-29)37(44-43-34)30-14-8-16-32(42)23-30/h1-20,23,35-36,38-39,47-48H,21-22,24-25,41-42H2,(H,43,44)/t35-,36-,38+,39+/m1/s1. The van der Waals surface area contributed by atoms with Crippen LogP contribution in [0.2, 0.25) is 0 Å². The summed E-state index contributed by atoms with van der Waals surface area (Å²) in [7, 11) is 0. The molecule has 1 fully saturated rings. The molecule has 248 valence electrons. The Labute approximate surface area is 285 Å². The van der Waals surface area contributed by atoms with Gasteiger partial charge in [0.05, 0.1) is 23.3 Å². The molecule has 1 aliphatic rings. The number of benzene rings is 5. The minimum absolute atomic E-state index is 0.198. The van der Waals surface area contributed by atoms with E-state index in [-0.39, 0.29) is 19.1 Å². The van der Waals surface area contributed by atoms with Gasteiger partial charge < -0.3 is 31.5 Å². The fourth-order valence-electron chi connectivity index (χ4n) is 6.97. The van der Waals surface area contributed by atoms with E-state index < -0.39 is 24.3 Å². The molecule has 0 radical (unpaired) electrons. The first kappa shape index (κ1) is 31.9. The number of anilines is 2. The number of hydrogen-bond acceptors (Lipinski definition) is 6. The van der Waals surface area contributed by atoms with Gasteiger partial charge in [-0.25, -0.2) is 4.79 Å². The van der Waals surface area contributed by atoms with Gasteiger partial charge in [0.2, 0.25) is 0 Å². The topological polar surface area (TPSA) is 145 Å². The minimum Gasteiger partial charge on any atom is -0.399 e. The Morgan fingerprint density at radius 1 is 0.612 bits per heavy atom. The van der Waals surface area contributed by atoms with Gasteiger partial charge in [-0.3, -0.25) is 5.10 Å². The van der Waals surface area contributed by atoms with Crippen LogP contribution in [-0.4, -0.2) is 60.5 Å². The summed E-state index contributed by atoms with van der Waals surface area (Å²) in [6.45, 7) is 0.406. The Hall–Kier alpha value is -5.64. The van der Waals surface area contributed by atoms with E-state index in [1.54, 1.807) is 15.9 Å². The van der Waals surface area contributed by atoms with Crippen LogP contribution in [0.3, 0.4) is 0 Å². The van der Waals surface area contributed by atoms with E-state index in [2.05, 4.69) is 10.2 Å². The van der Waals surface area contributed by atoms with Gasteiger partial charge in [-0.15, -0.1) is 0 Å². The molecule has 7 N–H and O–H groups in total. The lowest BCUT2D eigenvalue weighted by Crippen LogP contribution is -2.50. The summed E-state index contributed by atoms with van der Waals surface area (Å²) in [5, 5.41) is 32.7. The summed E-state index contributed by atoms with van der Waals surface area (Å²) in [5.41, 5.74) is 19.6. The summed E-state index contributed by atoms with van der Waals surface area (Å²) in [6.07, 6.45) is -1.74. The number of nitrogens with one attached hydrogen (secondary N) is 1. The second-order valence-electron chi connectivity index (χ2n) is 12.9. The Morgan fingerprint density at radius 2 is 1.14 bits per heavy atom. The third-order valence-electron chi connectivity index (χ3n) is 9.45. The van der Waals surface area contributed by atoms with Crippen LogP contribution in [0, 0.1) is 0 Å². The predicted octanol–water partition coefficient (Wildman–Crippen LogP) is 5.78. The number of amides is 2. The van der Waals surface area contributed by atoms with Gasteiger partial charge in [0.25, 0.3) is 0 Å². The molecule has 1 saturated heterocycles. The van der Waals surface area contributed by atoms with Crippen molar-refractivity contribution < 1.29 is 15.0 Å². The third-order valence-corrected chi connectivity index (χ3v) is 9.45. The number of aromatic amines is 1. The maximum atomic E-state index is 15.0. The monoisotopic (exact) mass is 652 g/mol. The molecule has 9 heteroatoms. The van der Waals surface area contributed by atoms with Crippen LogP contribution < -0.4 is 11.5 Å². The number of carbonyl (C=O) groups is 1. The third kappa shape index (κ3) is 6.85. The van der Waals surface area contributed by atoms with Crippen LogP contribution in [0.5, 0.6) is 0 Å².